The molecule has 3 nitrogen and oxygen atoms in total. The summed E-state index contributed by atoms with van der Waals surface area (Å²) in [6, 6.07) is 3.65. The molecule has 0 saturated carbocycles. The van der Waals surface area contributed by atoms with E-state index in [1.54, 1.807) is 6.07 Å². The number of methoxy groups -OCH3 is 1. The number of rotatable bonds is 6. The molecule has 0 aliphatic carbocycles. The van der Waals surface area contributed by atoms with Gasteiger partial charge in [0, 0.05) is 6.04 Å². The van der Waals surface area contributed by atoms with Gasteiger partial charge < -0.3 is 15.6 Å². The summed E-state index contributed by atoms with van der Waals surface area (Å²) < 4.78 is 5.73. The molecule has 0 saturated heterocycles. The molecule has 0 aliphatic heterocycles. The average molecular weight is 339 g/mol. The molecule has 0 amide bonds. The number of nitrogens with two attached hydrogens (primary N) is 1. The van der Waals surface area contributed by atoms with Crippen molar-refractivity contribution in [1.29, 1.82) is 0 Å². The summed E-state index contributed by atoms with van der Waals surface area (Å²) in [6.45, 7) is 2.17. The van der Waals surface area contributed by atoms with Crippen molar-refractivity contribution in [2.75, 3.05) is 7.11 Å². The molecule has 1 aromatic rings. The molecule has 0 aliphatic rings. The molecular weight excluding hydrogens is 318 g/mol. The fraction of sp³-hybridized carbons (Fsp3) is 0.538. The zero-order chi connectivity index (χ0) is 12.8. The quantitative estimate of drug-likeness (QED) is 0.766. The summed E-state index contributed by atoms with van der Waals surface area (Å²) in [5, 5.41) is 9.71. The van der Waals surface area contributed by atoms with Gasteiger partial charge in [-0.3, -0.25) is 0 Å². The van der Waals surface area contributed by atoms with Gasteiger partial charge in [-0.05, 0) is 40.0 Å². The summed E-state index contributed by atoms with van der Waals surface area (Å²) >= 11 is 3.30. The van der Waals surface area contributed by atoms with Crippen molar-refractivity contribution in [3.8, 4) is 11.5 Å². The monoisotopic (exact) mass is 337 g/mol. The van der Waals surface area contributed by atoms with Crippen molar-refractivity contribution in [3.63, 3.8) is 0 Å². The predicted octanol–water partition coefficient (Wildman–Crippen LogP) is 4.17. The largest absolute Gasteiger partial charge is 0.503 e. The second kappa shape index (κ2) is 8.62. The van der Waals surface area contributed by atoms with Crippen molar-refractivity contribution in [1.82, 2.24) is 0 Å². The number of benzene rings is 1. The molecule has 0 heterocycles. The third kappa shape index (κ3) is 4.67. The van der Waals surface area contributed by atoms with Crippen LogP contribution in [0.1, 0.15) is 44.2 Å². The fourth-order valence-electron chi connectivity index (χ4n) is 1.74. The highest BCUT2D eigenvalue weighted by Crippen LogP contribution is 2.37. The first-order valence-electron chi connectivity index (χ1n) is 5.92. The number of ether oxygens (including phenoxy) is 1. The Labute approximate surface area is 123 Å². The minimum absolute atomic E-state index is 0. The highest BCUT2D eigenvalue weighted by molar-refractivity contribution is 9.10. The van der Waals surface area contributed by atoms with Gasteiger partial charge in [0.05, 0.1) is 11.6 Å². The van der Waals surface area contributed by atoms with E-state index in [9.17, 15) is 5.11 Å². The molecule has 1 aromatic carbocycles. The topological polar surface area (TPSA) is 55.5 Å². The van der Waals surface area contributed by atoms with Gasteiger partial charge in [0.15, 0.2) is 11.5 Å². The standard InChI is InChI=1S/C13H20BrNO2.ClH/c1-3-4-5-6-11(15)9-7-10(14)13(16)12(8-9)17-2;/h7-8,11,16H,3-6,15H2,1-2H3;1H/t11-;/m1./s1. The molecule has 0 spiro atoms. The van der Waals surface area contributed by atoms with E-state index in [0.29, 0.717) is 10.2 Å². The van der Waals surface area contributed by atoms with E-state index >= 15 is 0 Å². The number of hydrogen-bond donors (Lipinski definition) is 2. The van der Waals surface area contributed by atoms with Gasteiger partial charge in [0.25, 0.3) is 0 Å². The number of phenols is 1. The first-order valence-corrected chi connectivity index (χ1v) is 6.71. The third-order valence-corrected chi connectivity index (χ3v) is 3.42. The van der Waals surface area contributed by atoms with Gasteiger partial charge >= 0.3 is 0 Å². The van der Waals surface area contributed by atoms with Gasteiger partial charge in [-0.15, -0.1) is 12.4 Å². The summed E-state index contributed by atoms with van der Waals surface area (Å²) in [4.78, 5) is 0. The van der Waals surface area contributed by atoms with Crippen LogP contribution in [-0.2, 0) is 0 Å². The van der Waals surface area contributed by atoms with Crippen LogP contribution in [0.5, 0.6) is 11.5 Å². The van der Waals surface area contributed by atoms with Crippen LogP contribution in [-0.4, -0.2) is 12.2 Å². The van der Waals surface area contributed by atoms with E-state index in [-0.39, 0.29) is 24.2 Å². The number of aromatic hydroxyl groups is 1. The van der Waals surface area contributed by atoms with E-state index in [4.69, 9.17) is 10.5 Å². The maximum absolute atomic E-state index is 9.71. The summed E-state index contributed by atoms with van der Waals surface area (Å²) in [7, 11) is 1.54. The molecular formula is C13H21BrClNO2. The summed E-state index contributed by atoms with van der Waals surface area (Å²) in [6.07, 6.45) is 4.46. The van der Waals surface area contributed by atoms with Crippen molar-refractivity contribution in [2.24, 2.45) is 5.73 Å². The maximum atomic E-state index is 9.71. The van der Waals surface area contributed by atoms with E-state index in [2.05, 4.69) is 22.9 Å². The third-order valence-electron chi connectivity index (χ3n) is 2.82. The molecule has 1 atom stereocenters. The van der Waals surface area contributed by atoms with E-state index < -0.39 is 0 Å². The lowest BCUT2D eigenvalue weighted by Crippen LogP contribution is -2.10. The van der Waals surface area contributed by atoms with Gasteiger partial charge in [0.1, 0.15) is 0 Å². The summed E-state index contributed by atoms with van der Waals surface area (Å²) in [5.41, 5.74) is 7.11. The molecule has 0 aromatic heterocycles. The fourth-order valence-corrected chi connectivity index (χ4v) is 2.20. The molecule has 104 valence electrons. The van der Waals surface area contributed by atoms with Gasteiger partial charge in [-0.2, -0.15) is 0 Å². The SMILES string of the molecule is CCCCC[C@@H](N)c1cc(Br)c(O)c(OC)c1.Cl. The normalized spacial score (nSPS) is 11.8. The Balaban J connectivity index is 0.00000289. The first kappa shape index (κ1) is 17.6. The lowest BCUT2D eigenvalue weighted by atomic mass is 10.0. The zero-order valence-electron chi connectivity index (χ0n) is 10.8. The van der Waals surface area contributed by atoms with Crippen molar-refractivity contribution in [2.45, 2.75) is 38.6 Å². The molecule has 18 heavy (non-hydrogen) atoms. The van der Waals surface area contributed by atoms with Gasteiger partial charge in [-0.25, -0.2) is 0 Å². The Morgan fingerprint density at radius 2 is 2.06 bits per heavy atom. The Hall–Kier alpha value is -0.450. The van der Waals surface area contributed by atoms with Crippen LogP contribution in [0, 0.1) is 0 Å². The minimum atomic E-state index is -0.00708. The first-order chi connectivity index (χ1) is 8.10. The van der Waals surface area contributed by atoms with Crippen LogP contribution in [0.4, 0.5) is 0 Å². The lowest BCUT2D eigenvalue weighted by molar-refractivity contribution is 0.370. The minimum Gasteiger partial charge on any atom is -0.503 e. The lowest BCUT2D eigenvalue weighted by Gasteiger charge is -2.14. The van der Waals surface area contributed by atoms with Gasteiger partial charge in [-0.1, -0.05) is 26.2 Å². The molecule has 3 N–H and O–H groups in total. The maximum Gasteiger partial charge on any atom is 0.172 e. The Bertz CT molecular complexity index is 374. The second-order valence-corrected chi connectivity index (χ2v) is 5.01. The predicted molar refractivity (Wildman–Crippen MR) is 80.7 cm³/mol. The number of phenolic OH excluding ortho intramolecular Hbond substituents is 1. The Kier molecular flexibility index (Phi) is 8.40. The molecule has 5 heteroatoms. The number of unbranched alkanes of at least 4 members (excludes halogenated alkanes) is 2. The van der Waals surface area contributed by atoms with Gasteiger partial charge in [0.2, 0.25) is 0 Å². The van der Waals surface area contributed by atoms with Crippen LogP contribution in [0.15, 0.2) is 16.6 Å². The van der Waals surface area contributed by atoms with Crippen LogP contribution in [0.25, 0.3) is 0 Å². The number of halogens is 2. The Morgan fingerprint density at radius 1 is 1.39 bits per heavy atom. The van der Waals surface area contributed by atoms with E-state index in [1.165, 1.54) is 20.0 Å². The van der Waals surface area contributed by atoms with E-state index in [0.717, 1.165) is 18.4 Å². The molecule has 0 fully saturated rings. The second-order valence-electron chi connectivity index (χ2n) is 4.16. The van der Waals surface area contributed by atoms with Crippen molar-refractivity contribution >= 4 is 28.3 Å². The Morgan fingerprint density at radius 3 is 2.61 bits per heavy atom. The molecule has 0 unspecified atom stereocenters. The number of hydrogen-bond acceptors (Lipinski definition) is 3. The van der Waals surface area contributed by atoms with Crippen LogP contribution in [0.2, 0.25) is 0 Å². The van der Waals surface area contributed by atoms with Crippen LogP contribution < -0.4 is 10.5 Å². The van der Waals surface area contributed by atoms with Crippen LogP contribution >= 0.6 is 28.3 Å². The van der Waals surface area contributed by atoms with Crippen LogP contribution in [0.3, 0.4) is 0 Å². The zero-order valence-corrected chi connectivity index (χ0v) is 13.2. The summed E-state index contributed by atoms with van der Waals surface area (Å²) in [5.74, 6) is 0.581. The highest BCUT2D eigenvalue weighted by Gasteiger charge is 2.13. The highest BCUT2D eigenvalue weighted by atomic mass is 79.9. The molecule has 0 radical (unpaired) electrons. The average Bonchev–Trinajstić information content (AvgIpc) is 2.32. The van der Waals surface area contributed by atoms with Crippen molar-refractivity contribution < 1.29 is 9.84 Å². The molecule has 0 bridgehead atoms. The van der Waals surface area contributed by atoms with E-state index in [1.807, 2.05) is 6.07 Å². The van der Waals surface area contributed by atoms with Crippen molar-refractivity contribution in [3.05, 3.63) is 22.2 Å². The smallest absolute Gasteiger partial charge is 0.172 e. The molecule has 1 rings (SSSR count).